The number of fused-ring (bicyclic) bond motifs is 1. The van der Waals surface area contributed by atoms with Crippen LogP contribution in [0.25, 0.3) is 17.1 Å². The van der Waals surface area contributed by atoms with Crippen molar-refractivity contribution in [2.75, 3.05) is 13.1 Å². The van der Waals surface area contributed by atoms with Gasteiger partial charge in [0.25, 0.3) is 17.4 Å². The summed E-state index contributed by atoms with van der Waals surface area (Å²) in [7, 11) is 0. The number of rotatable bonds is 3. The van der Waals surface area contributed by atoms with Crippen LogP contribution < -0.4 is 5.56 Å². The fourth-order valence-electron chi connectivity index (χ4n) is 4.01. The molecule has 1 N–H and O–H groups in total. The van der Waals surface area contributed by atoms with Crippen LogP contribution in [0.2, 0.25) is 0 Å². The highest BCUT2D eigenvalue weighted by molar-refractivity contribution is 5.94. The molecule has 4 heterocycles. The smallest absolute Gasteiger partial charge is 0.278 e. The van der Waals surface area contributed by atoms with Gasteiger partial charge in [0.1, 0.15) is 11.3 Å². The number of nitrogens with zero attached hydrogens (tertiary/aromatic N) is 5. The third-order valence-corrected chi connectivity index (χ3v) is 5.75. The summed E-state index contributed by atoms with van der Waals surface area (Å²) in [4.78, 5) is 33.9. The Hall–Kier alpha value is -3.82. The fourth-order valence-corrected chi connectivity index (χ4v) is 4.01. The molecule has 3 aromatic heterocycles. The number of aromatic amines is 1. The van der Waals surface area contributed by atoms with Crippen molar-refractivity contribution in [3.63, 3.8) is 0 Å². The van der Waals surface area contributed by atoms with Crippen molar-refractivity contribution in [1.29, 1.82) is 0 Å². The fraction of sp³-hybridized carbons (Fsp3) is 0.318. The van der Waals surface area contributed by atoms with E-state index in [-0.39, 0.29) is 23.3 Å². The van der Waals surface area contributed by atoms with Crippen molar-refractivity contribution in [1.82, 2.24) is 29.6 Å². The number of aromatic nitrogens is 5. The van der Waals surface area contributed by atoms with Crippen LogP contribution in [0.15, 0.2) is 39.8 Å². The summed E-state index contributed by atoms with van der Waals surface area (Å²) in [6, 6.07) is 6.12. The van der Waals surface area contributed by atoms with Crippen LogP contribution >= 0.6 is 0 Å². The Labute approximate surface area is 181 Å². The molecule has 0 aliphatic carbocycles. The van der Waals surface area contributed by atoms with E-state index >= 15 is 0 Å². The topological polar surface area (TPSA) is 109 Å². The van der Waals surface area contributed by atoms with Gasteiger partial charge in [-0.25, -0.2) is 8.91 Å². The summed E-state index contributed by atoms with van der Waals surface area (Å²) in [6.07, 6.45) is 3.28. The van der Waals surface area contributed by atoms with Crippen LogP contribution in [0.3, 0.4) is 0 Å². The highest BCUT2D eigenvalue weighted by atomic mass is 19.1. The summed E-state index contributed by atoms with van der Waals surface area (Å²) in [6.45, 7) is 4.43. The lowest BCUT2D eigenvalue weighted by molar-refractivity contribution is 0.0703. The van der Waals surface area contributed by atoms with E-state index in [1.807, 2.05) is 0 Å². The first-order valence-electron chi connectivity index (χ1n) is 10.4. The quantitative estimate of drug-likeness (QED) is 0.529. The van der Waals surface area contributed by atoms with Crippen molar-refractivity contribution >= 4 is 11.4 Å². The highest BCUT2D eigenvalue weighted by Gasteiger charge is 2.29. The Kier molecular flexibility index (Phi) is 4.84. The lowest BCUT2D eigenvalue weighted by Crippen LogP contribution is -2.39. The second-order valence-electron chi connectivity index (χ2n) is 8.14. The Morgan fingerprint density at radius 3 is 2.94 bits per heavy atom. The first-order valence-corrected chi connectivity index (χ1v) is 10.4. The van der Waals surface area contributed by atoms with Crippen LogP contribution in [0, 0.1) is 19.7 Å². The average molecular weight is 436 g/mol. The van der Waals surface area contributed by atoms with Crippen molar-refractivity contribution in [3.05, 3.63) is 69.3 Å². The molecule has 9 nitrogen and oxygen atoms in total. The standard InChI is InChI=1S/C22H21FN6O3/c1-12-5-6-14(8-16(12)23)22(31)28-7-3-4-15(11-28)19-25-21(32-27-19)17-9-18-20(30)24-13(2)10-29(18)26-17/h5-6,8-10,15H,3-4,7,11H2,1-2H3,(H,24,30)/t15-/m1/s1. The van der Waals surface area contributed by atoms with Crippen LogP contribution in [-0.2, 0) is 0 Å². The van der Waals surface area contributed by atoms with Gasteiger partial charge in [-0.05, 0) is 44.4 Å². The van der Waals surface area contributed by atoms with Gasteiger partial charge < -0.3 is 14.4 Å². The van der Waals surface area contributed by atoms with Gasteiger partial charge in [0.15, 0.2) is 11.5 Å². The normalized spacial score (nSPS) is 16.6. The number of hydrogen-bond donors (Lipinski definition) is 1. The number of benzene rings is 1. The van der Waals surface area contributed by atoms with Crippen molar-refractivity contribution in [3.8, 4) is 11.6 Å². The monoisotopic (exact) mass is 436 g/mol. The Morgan fingerprint density at radius 1 is 1.28 bits per heavy atom. The first kappa shape index (κ1) is 20.1. The summed E-state index contributed by atoms with van der Waals surface area (Å²) >= 11 is 0. The Bertz CT molecular complexity index is 1390. The lowest BCUT2D eigenvalue weighted by Gasteiger charge is -2.31. The van der Waals surface area contributed by atoms with Gasteiger partial charge in [-0.2, -0.15) is 10.1 Å². The van der Waals surface area contributed by atoms with Crippen molar-refractivity contribution in [2.45, 2.75) is 32.6 Å². The molecule has 1 atom stereocenters. The van der Waals surface area contributed by atoms with Crippen LogP contribution in [-0.4, -0.2) is 48.6 Å². The van der Waals surface area contributed by atoms with Gasteiger partial charge in [-0.3, -0.25) is 9.59 Å². The van der Waals surface area contributed by atoms with Gasteiger partial charge in [0, 0.05) is 42.5 Å². The molecule has 10 heteroatoms. The molecule has 1 aliphatic rings. The van der Waals surface area contributed by atoms with Gasteiger partial charge in [0.05, 0.1) is 0 Å². The van der Waals surface area contributed by atoms with E-state index in [4.69, 9.17) is 4.52 Å². The van der Waals surface area contributed by atoms with Crippen molar-refractivity contribution < 1.29 is 13.7 Å². The SMILES string of the molecule is Cc1cn2nc(-c3nc([C@@H]4CCCN(C(=O)c5ccc(C)c(F)c5)C4)no3)cc2c(=O)[nH]1. The van der Waals surface area contributed by atoms with E-state index in [0.29, 0.717) is 46.9 Å². The molecule has 0 saturated carbocycles. The number of amides is 1. The minimum absolute atomic E-state index is 0.108. The number of carbonyl (C=O) groups excluding carboxylic acids is 1. The highest BCUT2D eigenvalue weighted by Crippen LogP contribution is 2.28. The number of aryl methyl sites for hydroxylation is 2. The Morgan fingerprint density at radius 2 is 2.12 bits per heavy atom. The summed E-state index contributed by atoms with van der Waals surface area (Å²) in [5.74, 6) is -0.0244. The molecule has 0 spiro atoms. The average Bonchev–Trinajstić information content (AvgIpc) is 3.43. The summed E-state index contributed by atoms with van der Waals surface area (Å²) < 4.78 is 20.8. The van der Waals surface area contributed by atoms with Crippen LogP contribution in [0.5, 0.6) is 0 Å². The second-order valence-corrected chi connectivity index (χ2v) is 8.14. The molecular weight excluding hydrogens is 415 g/mol. The number of carbonyl (C=O) groups is 1. The lowest BCUT2D eigenvalue weighted by atomic mass is 9.96. The number of nitrogens with one attached hydrogen (secondary N) is 1. The van der Waals surface area contributed by atoms with Gasteiger partial charge >= 0.3 is 0 Å². The van der Waals surface area contributed by atoms with E-state index in [0.717, 1.165) is 12.8 Å². The zero-order valence-electron chi connectivity index (χ0n) is 17.6. The molecule has 1 amide bonds. The maximum Gasteiger partial charge on any atom is 0.278 e. The molecule has 1 saturated heterocycles. The molecule has 0 unspecified atom stereocenters. The number of piperidine rings is 1. The number of likely N-dealkylation sites (tertiary alicyclic amines) is 1. The molecule has 1 aliphatic heterocycles. The van der Waals surface area contributed by atoms with Gasteiger partial charge in [0.2, 0.25) is 0 Å². The molecule has 1 aromatic carbocycles. The second kappa shape index (κ2) is 7.70. The predicted molar refractivity (Wildman–Crippen MR) is 113 cm³/mol. The molecule has 0 radical (unpaired) electrons. The van der Waals surface area contributed by atoms with Crippen molar-refractivity contribution in [2.24, 2.45) is 0 Å². The van der Waals surface area contributed by atoms with Gasteiger partial charge in [-0.1, -0.05) is 11.2 Å². The molecular formula is C22H21FN6O3. The molecule has 0 bridgehead atoms. The Balaban J connectivity index is 1.37. The summed E-state index contributed by atoms with van der Waals surface area (Å²) in [5, 5.41) is 8.46. The van der Waals surface area contributed by atoms with Gasteiger partial charge in [-0.15, -0.1) is 0 Å². The third-order valence-electron chi connectivity index (χ3n) is 5.75. The summed E-state index contributed by atoms with van der Waals surface area (Å²) in [5.41, 5.74) is 2.04. The maximum absolute atomic E-state index is 13.9. The molecule has 32 heavy (non-hydrogen) atoms. The minimum atomic E-state index is -0.395. The molecule has 164 valence electrons. The van der Waals surface area contributed by atoms with E-state index in [2.05, 4.69) is 20.2 Å². The molecule has 1 fully saturated rings. The van der Waals surface area contributed by atoms with Crippen LogP contribution in [0.1, 0.15) is 46.2 Å². The zero-order valence-corrected chi connectivity index (χ0v) is 17.6. The number of hydrogen-bond acceptors (Lipinski definition) is 6. The van der Waals surface area contributed by atoms with E-state index in [1.54, 1.807) is 43.1 Å². The predicted octanol–water partition coefficient (Wildman–Crippen LogP) is 2.85. The maximum atomic E-state index is 13.9. The molecule has 5 rings (SSSR count). The number of halogens is 1. The van der Waals surface area contributed by atoms with E-state index < -0.39 is 5.82 Å². The molecule has 4 aromatic rings. The first-order chi connectivity index (χ1) is 15.4. The zero-order chi connectivity index (χ0) is 22.4. The van der Waals surface area contributed by atoms with Crippen LogP contribution in [0.4, 0.5) is 4.39 Å². The largest absolute Gasteiger partial charge is 0.338 e. The minimum Gasteiger partial charge on any atom is -0.338 e. The van der Waals surface area contributed by atoms with E-state index in [1.165, 1.54) is 10.6 Å². The number of H-pyrrole nitrogens is 1. The van der Waals surface area contributed by atoms with E-state index in [9.17, 15) is 14.0 Å². The third kappa shape index (κ3) is 3.57.